The van der Waals surface area contributed by atoms with Gasteiger partial charge >= 0.3 is 0 Å². The van der Waals surface area contributed by atoms with Gasteiger partial charge in [0.25, 0.3) is 0 Å². The minimum absolute atomic E-state index is 0.241. The monoisotopic (exact) mass is 262 g/mol. The van der Waals surface area contributed by atoms with Crippen LogP contribution in [0.25, 0.3) is 10.9 Å². The number of benzene rings is 2. The second-order valence-electron chi connectivity index (χ2n) is 5.83. The van der Waals surface area contributed by atoms with Gasteiger partial charge in [-0.1, -0.05) is 48.5 Å². The zero-order chi connectivity index (χ0) is 13.6. The van der Waals surface area contributed by atoms with Crippen molar-refractivity contribution in [2.75, 3.05) is 0 Å². The fourth-order valence-electron chi connectivity index (χ4n) is 3.46. The fourth-order valence-corrected chi connectivity index (χ4v) is 3.46. The molecule has 1 atom stereocenters. The van der Waals surface area contributed by atoms with E-state index in [1.807, 2.05) is 6.07 Å². The molecule has 0 fully saturated rings. The predicted octanol–water partition coefficient (Wildman–Crippen LogP) is 3.51. The Balaban J connectivity index is 1.80. The van der Waals surface area contributed by atoms with Crippen molar-refractivity contribution in [3.05, 3.63) is 71.4 Å². The third-order valence-electron chi connectivity index (χ3n) is 4.56. The third-order valence-corrected chi connectivity index (χ3v) is 4.56. The molecule has 0 saturated heterocycles. The van der Waals surface area contributed by atoms with E-state index in [4.69, 9.17) is 5.73 Å². The maximum Gasteiger partial charge on any atom is 0.0468 e. The zero-order valence-corrected chi connectivity index (χ0v) is 11.4. The van der Waals surface area contributed by atoms with Crippen LogP contribution in [0, 0.1) is 0 Å². The number of aryl methyl sites for hydroxylation is 1. The first kappa shape index (κ1) is 11.7. The average Bonchev–Trinajstić information content (AvgIpc) is 2.85. The van der Waals surface area contributed by atoms with Crippen molar-refractivity contribution in [3.8, 4) is 0 Å². The smallest absolute Gasteiger partial charge is 0.0468 e. The van der Waals surface area contributed by atoms with Crippen LogP contribution in [0.3, 0.4) is 0 Å². The highest BCUT2D eigenvalue weighted by Crippen LogP contribution is 2.37. The molecule has 4 rings (SSSR count). The Morgan fingerprint density at radius 3 is 2.55 bits per heavy atom. The maximum absolute atomic E-state index is 6.70. The number of nitrogens with one attached hydrogen (secondary N) is 1. The largest absolute Gasteiger partial charge is 0.358 e. The van der Waals surface area contributed by atoms with Crippen molar-refractivity contribution < 1.29 is 0 Å². The van der Waals surface area contributed by atoms with Gasteiger partial charge in [0.2, 0.25) is 0 Å². The first-order valence-electron chi connectivity index (χ1n) is 7.19. The van der Waals surface area contributed by atoms with E-state index in [0.29, 0.717) is 0 Å². The predicted molar refractivity (Wildman–Crippen MR) is 82.6 cm³/mol. The van der Waals surface area contributed by atoms with E-state index >= 15 is 0 Å². The number of nitrogens with two attached hydrogens (primary N) is 1. The standard InChI is InChI=1S/C18H18N2/c19-18(13-6-2-1-3-7-13)11-10-15-14-8-4-5-9-16(14)20-17(15)12-18/h1-9,20H,10-12,19H2. The minimum atomic E-state index is -0.241. The molecule has 20 heavy (non-hydrogen) atoms. The van der Waals surface area contributed by atoms with E-state index < -0.39 is 0 Å². The summed E-state index contributed by atoms with van der Waals surface area (Å²) in [7, 11) is 0. The summed E-state index contributed by atoms with van der Waals surface area (Å²) in [5, 5.41) is 1.36. The molecule has 0 radical (unpaired) electrons. The van der Waals surface area contributed by atoms with E-state index in [9.17, 15) is 0 Å². The van der Waals surface area contributed by atoms with Crippen LogP contribution in [0.1, 0.15) is 23.2 Å². The van der Waals surface area contributed by atoms with E-state index in [0.717, 1.165) is 19.3 Å². The molecule has 1 aliphatic rings. The second-order valence-corrected chi connectivity index (χ2v) is 5.83. The van der Waals surface area contributed by atoms with Crippen LogP contribution in [0.15, 0.2) is 54.6 Å². The molecule has 0 bridgehead atoms. The molecule has 1 unspecified atom stereocenters. The summed E-state index contributed by atoms with van der Waals surface area (Å²) in [6.07, 6.45) is 2.94. The van der Waals surface area contributed by atoms with Crippen LogP contribution < -0.4 is 5.73 Å². The maximum atomic E-state index is 6.70. The van der Waals surface area contributed by atoms with E-state index in [1.54, 1.807) is 0 Å². The Bertz CT molecular complexity index is 757. The summed E-state index contributed by atoms with van der Waals surface area (Å²) in [4.78, 5) is 3.56. The quantitative estimate of drug-likeness (QED) is 0.692. The van der Waals surface area contributed by atoms with Crippen LogP contribution in [0.5, 0.6) is 0 Å². The summed E-state index contributed by atoms with van der Waals surface area (Å²) in [5.41, 5.74) is 11.7. The molecule has 0 aliphatic heterocycles. The Labute approximate surface area is 118 Å². The molecule has 0 saturated carbocycles. The average molecular weight is 262 g/mol. The Hall–Kier alpha value is -2.06. The molecule has 2 aromatic carbocycles. The molecule has 1 aliphatic carbocycles. The van der Waals surface area contributed by atoms with Crippen LogP contribution >= 0.6 is 0 Å². The highest BCUT2D eigenvalue weighted by atomic mass is 14.8. The number of hydrogen-bond acceptors (Lipinski definition) is 1. The van der Waals surface area contributed by atoms with Gasteiger partial charge in [0.05, 0.1) is 0 Å². The van der Waals surface area contributed by atoms with Gasteiger partial charge in [0, 0.05) is 28.6 Å². The van der Waals surface area contributed by atoms with Crippen molar-refractivity contribution in [1.29, 1.82) is 0 Å². The highest BCUT2D eigenvalue weighted by Gasteiger charge is 2.33. The minimum Gasteiger partial charge on any atom is -0.358 e. The van der Waals surface area contributed by atoms with Gasteiger partial charge in [-0.25, -0.2) is 0 Å². The van der Waals surface area contributed by atoms with Gasteiger partial charge in [0.15, 0.2) is 0 Å². The van der Waals surface area contributed by atoms with E-state index in [-0.39, 0.29) is 5.54 Å². The van der Waals surface area contributed by atoms with Crippen LogP contribution in [0.2, 0.25) is 0 Å². The normalized spacial score (nSPS) is 21.9. The van der Waals surface area contributed by atoms with Gasteiger partial charge in [-0.2, -0.15) is 0 Å². The summed E-state index contributed by atoms with van der Waals surface area (Å²) in [5.74, 6) is 0. The molecule has 3 N–H and O–H groups in total. The summed E-state index contributed by atoms with van der Waals surface area (Å²) in [6.45, 7) is 0. The Kier molecular flexibility index (Phi) is 2.48. The summed E-state index contributed by atoms with van der Waals surface area (Å²) >= 11 is 0. The van der Waals surface area contributed by atoms with E-state index in [1.165, 1.54) is 27.7 Å². The van der Waals surface area contributed by atoms with Crippen LogP contribution in [-0.4, -0.2) is 4.98 Å². The number of fused-ring (bicyclic) bond motifs is 3. The Morgan fingerprint density at radius 2 is 1.70 bits per heavy atom. The number of H-pyrrole nitrogens is 1. The van der Waals surface area contributed by atoms with Crippen LogP contribution in [-0.2, 0) is 18.4 Å². The van der Waals surface area contributed by atoms with Gasteiger partial charge in [-0.3, -0.25) is 0 Å². The van der Waals surface area contributed by atoms with Crippen molar-refractivity contribution in [1.82, 2.24) is 4.98 Å². The molecule has 2 heteroatoms. The molecular weight excluding hydrogens is 244 g/mol. The number of hydrogen-bond donors (Lipinski definition) is 2. The van der Waals surface area contributed by atoms with Crippen molar-refractivity contribution in [2.24, 2.45) is 5.73 Å². The third kappa shape index (κ3) is 1.69. The number of rotatable bonds is 1. The van der Waals surface area contributed by atoms with Crippen molar-refractivity contribution in [3.63, 3.8) is 0 Å². The zero-order valence-electron chi connectivity index (χ0n) is 11.4. The first-order chi connectivity index (χ1) is 9.76. The lowest BCUT2D eigenvalue weighted by atomic mass is 9.76. The lowest BCUT2D eigenvalue weighted by molar-refractivity contribution is 0.382. The Morgan fingerprint density at radius 1 is 0.950 bits per heavy atom. The van der Waals surface area contributed by atoms with Crippen LogP contribution in [0.4, 0.5) is 0 Å². The first-order valence-corrected chi connectivity index (χ1v) is 7.19. The number of para-hydroxylation sites is 1. The molecule has 2 nitrogen and oxygen atoms in total. The highest BCUT2D eigenvalue weighted by molar-refractivity contribution is 5.85. The molecule has 1 aromatic heterocycles. The molecule has 0 amide bonds. The molecule has 3 aromatic rings. The lowest BCUT2D eigenvalue weighted by Crippen LogP contribution is -2.42. The molecule has 1 heterocycles. The lowest BCUT2D eigenvalue weighted by Gasteiger charge is -2.34. The van der Waals surface area contributed by atoms with Gasteiger partial charge < -0.3 is 10.7 Å². The van der Waals surface area contributed by atoms with E-state index in [2.05, 4.69) is 53.5 Å². The summed E-state index contributed by atoms with van der Waals surface area (Å²) < 4.78 is 0. The topological polar surface area (TPSA) is 41.8 Å². The van der Waals surface area contributed by atoms with Gasteiger partial charge in [-0.15, -0.1) is 0 Å². The summed E-state index contributed by atoms with van der Waals surface area (Å²) in [6, 6.07) is 19.0. The molecule has 0 spiro atoms. The van der Waals surface area contributed by atoms with Gasteiger partial charge in [-0.05, 0) is 30.0 Å². The number of aromatic amines is 1. The second kappa shape index (κ2) is 4.22. The number of aromatic nitrogens is 1. The van der Waals surface area contributed by atoms with Crippen molar-refractivity contribution in [2.45, 2.75) is 24.8 Å². The SMILES string of the molecule is NC1(c2ccccc2)CCc2c([nH]c3ccccc23)C1. The van der Waals surface area contributed by atoms with Crippen molar-refractivity contribution >= 4 is 10.9 Å². The fraction of sp³-hybridized carbons (Fsp3) is 0.222. The molecule has 100 valence electrons. The molecular formula is C18H18N2. The van der Waals surface area contributed by atoms with Gasteiger partial charge in [0.1, 0.15) is 0 Å².